The highest BCUT2D eigenvalue weighted by Crippen LogP contribution is 2.24. The SMILES string of the molecule is Cc1cccc2oc(COc3cccc(Br)c3)cc12. The maximum Gasteiger partial charge on any atom is 0.146 e. The first-order valence-corrected chi connectivity index (χ1v) is 6.88. The third kappa shape index (κ3) is 2.66. The summed E-state index contributed by atoms with van der Waals surface area (Å²) in [5, 5.41) is 1.15. The Labute approximate surface area is 120 Å². The molecule has 3 rings (SSSR count). The van der Waals surface area contributed by atoms with Gasteiger partial charge in [-0.1, -0.05) is 34.1 Å². The number of benzene rings is 2. The van der Waals surface area contributed by atoms with E-state index < -0.39 is 0 Å². The molecule has 0 saturated carbocycles. The van der Waals surface area contributed by atoms with Crippen LogP contribution in [0.15, 0.2) is 57.4 Å². The number of aryl methyl sites for hydroxylation is 1. The normalized spacial score (nSPS) is 10.8. The topological polar surface area (TPSA) is 22.4 Å². The summed E-state index contributed by atoms with van der Waals surface area (Å²) < 4.78 is 12.5. The predicted molar refractivity (Wildman–Crippen MR) is 79.4 cm³/mol. The Morgan fingerprint density at radius 2 is 1.95 bits per heavy atom. The van der Waals surface area contributed by atoms with Crippen LogP contribution in [-0.2, 0) is 6.61 Å². The summed E-state index contributed by atoms with van der Waals surface area (Å²) in [6.07, 6.45) is 0. The summed E-state index contributed by atoms with van der Waals surface area (Å²) >= 11 is 3.42. The molecule has 19 heavy (non-hydrogen) atoms. The number of hydrogen-bond acceptors (Lipinski definition) is 2. The third-order valence-corrected chi connectivity index (χ3v) is 3.50. The van der Waals surface area contributed by atoms with Crippen molar-refractivity contribution in [2.45, 2.75) is 13.5 Å². The summed E-state index contributed by atoms with van der Waals surface area (Å²) in [4.78, 5) is 0. The minimum Gasteiger partial charge on any atom is -0.486 e. The van der Waals surface area contributed by atoms with E-state index >= 15 is 0 Å². The van der Waals surface area contributed by atoms with Crippen LogP contribution in [0.1, 0.15) is 11.3 Å². The van der Waals surface area contributed by atoms with Gasteiger partial charge in [0.2, 0.25) is 0 Å². The van der Waals surface area contributed by atoms with Gasteiger partial charge in [0.15, 0.2) is 0 Å². The van der Waals surface area contributed by atoms with Gasteiger partial charge in [-0.25, -0.2) is 0 Å². The minimum absolute atomic E-state index is 0.435. The average Bonchev–Trinajstić information content (AvgIpc) is 2.81. The van der Waals surface area contributed by atoms with E-state index in [-0.39, 0.29) is 0 Å². The van der Waals surface area contributed by atoms with Crippen LogP contribution in [0, 0.1) is 6.92 Å². The molecule has 0 fully saturated rings. The minimum atomic E-state index is 0.435. The molecule has 0 N–H and O–H groups in total. The summed E-state index contributed by atoms with van der Waals surface area (Å²) in [6, 6.07) is 15.9. The summed E-state index contributed by atoms with van der Waals surface area (Å²) in [7, 11) is 0. The van der Waals surface area contributed by atoms with Gasteiger partial charge in [-0.15, -0.1) is 0 Å². The largest absolute Gasteiger partial charge is 0.486 e. The molecule has 0 saturated heterocycles. The van der Waals surface area contributed by atoms with Crippen molar-refractivity contribution in [3.63, 3.8) is 0 Å². The van der Waals surface area contributed by atoms with E-state index in [0.29, 0.717) is 6.61 Å². The molecule has 0 aliphatic rings. The van der Waals surface area contributed by atoms with E-state index in [9.17, 15) is 0 Å². The molecule has 2 aromatic carbocycles. The number of halogens is 1. The van der Waals surface area contributed by atoms with E-state index in [4.69, 9.17) is 9.15 Å². The molecule has 0 radical (unpaired) electrons. The van der Waals surface area contributed by atoms with Crippen molar-refractivity contribution in [2.24, 2.45) is 0 Å². The van der Waals surface area contributed by atoms with Crippen LogP contribution in [0.3, 0.4) is 0 Å². The third-order valence-electron chi connectivity index (χ3n) is 3.01. The Morgan fingerprint density at radius 1 is 1.11 bits per heavy atom. The van der Waals surface area contributed by atoms with E-state index in [1.807, 2.05) is 42.5 Å². The van der Waals surface area contributed by atoms with E-state index in [1.165, 1.54) is 5.56 Å². The zero-order chi connectivity index (χ0) is 13.2. The van der Waals surface area contributed by atoms with Crippen LogP contribution in [-0.4, -0.2) is 0 Å². The quantitative estimate of drug-likeness (QED) is 0.672. The first-order valence-electron chi connectivity index (χ1n) is 6.09. The highest BCUT2D eigenvalue weighted by molar-refractivity contribution is 9.10. The smallest absolute Gasteiger partial charge is 0.146 e. The van der Waals surface area contributed by atoms with Gasteiger partial charge in [0, 0.05) is 9.86 Å². The fourth-order valence-electron chi connectivity index (χ4n) is 2.04. The van der Waals surface area contributed by atoms with Gasteiger partial charge in [0.25, 0.3) is 0 Å². The maximum atomic E-state index is 5.76. The van der Waals surface area contributed by atoms with Gasteiger partial charge in [-0.2, -0.15) is 0 Å². The summed E-state index contributed by atoms with van der Waals surface area (Å²) in [6.45, 7) is 2.52. The average molecular weight is 317 g/mol. The molecular weight excluding hydrogens is 304 g/mol. The van der Waals surface area contributed by atoms with Crippen LogP contribution >= 0.6 is 15.9 Å². The first-order chi connectivity index (χ1) is 9.22. The number of hydrogen-bond donors (Lipinski definition) is 0. The van der Waals surface area contributed by atoms with Crippen LogP contribution in [0.25, 0.3) is 11.0 Å². The lowest BCUT2D eigenvalue weighted by molar-refractivity contribution is 0.274. The van der Waals surface area contributed by atoms with Crippen LogP contribution in [0.2, 0.25) is 0 Å². The lowest BCUT2D eigenvalue weighted by Crippen LogP contribution is -1.93. The number of fused-ring (bicyclic) bond motifs is 1. The van der Waals surface area contributed by atoms with Crippen LogP contribution in [0.5, 0.6) is 5.75 Å². The highest BCUT2D eigenvalue weighted by Gasteiger charge is 2.06. The number of rotatable bonds is 3. The zero-order valence-corrected chi connectivity index (χ0v) is 12.1. The van der Waals surface area contributed by atoms with Crippen molar-refractivity contribution in [1.82, 2.24) is 0 Å². The van der Waals surface area contributed by atoms with E-state index in [1.54, 1.807) is 0 Å². The molecule has 1 aromatic heterocycles. The van der Waals surface area contributed by atoms with E-state index in [0.717, 1.165) is 27.0 Å². The molecule has 0 amide bonds. The molecule has 0 unspecified atom stereocenters. The van der Waals surface area contributed by atoms with Crippen molar-refractivity contribution < 1.29 is 9.15 Å². The maximum absolute atomic E-state index is 5.76. The van der Waals surface area contributed by atoms with Crippen LogP contribution in [0.4, 0.5) is 0 Å². The molecule has 0 bridgehead atoms. The highest BCUT2D eigenvalue weighted by atomic mass is 79.9. The molecular formula is C16H13BrO2. The predicted octanol–water partition coefficient (Wildman–Crippen LogP) is 5.08. The molecule has 96 valence electrons. The Kier molecular flexibility index (Phi) is 3.30. The summed E-state index contributed by atoms with van der Waals surface area (Å²) in [5.41, 5.74) is 2.13. The lowest BCUT2D eigenvalue weighted by atomic mass is 10.1. The van der Waals surface area contributed by atoms with Crippen molar-refractivity contribution in [1.29, 1.82) is 0 Å². The van der Waals surface area contributed by atoms with E-state index in [2.05, 4.69) is 28.9 Å². The monoisotopic (exact) mass is 316 g/mol. The Balaban J connectivity index is 1.80. The molecule has 0 spiro atoms. The second kappa shape index (κ2) is 5.10. The zero-order valence-electron chi connectivity index (χ0n) is 10.5. The second-order valence-corrected chi connectivity index (χ2v) is 5.36. The van der Waals surface area contributed by atoms with Gasteiger partial charge in [0.05, 0.1) is 0 Å². The lowest BCUT2D eigenvalue weighted by Gasteiger charge is -2.03. The fourth-order valence-corrected chi connectivity index (χ4v) is 2.42. The fraction of sp³-hybridized carbons (Fsp3) is 0.125. The van der Waals surface area contributed by atoms with Crippen molar-refractivity contribution in [3.05, 3.63) is 64.3 Å². The Bertz CT molecular complexity index is 716. The Hall–Kier alpha value is -1.74. The van der Waals surface area contributed by atoms with Gasteiger partial charge >= 0.3 is 0 Å². The van der Waals surface area contributed by atoms with Gasteiger partial charge in [-0.05, 0) is 42.8 Å². The molecule has 3 aromatic rings. The van der Waals surface area contributed by atoms with Crippen molar-refractivity contribution in [2.75, 3.05) is 0 Å². The number of furan rings is 1. The number of ether oxygens (including phenoxy) is 1. The molecule has 0 atom stereocenters. The molecule has 1 heterocycles. The molecule has 0 aliphatic heterocycles. The molecule has 0 aliphatic carbocycles. The second-order valence-electron chi connectivity index (χ2n) is 4.45. The van der Waals surface area contributed by atoms with Crippen molar-refractivity contribution in [3.8, 4) is 5.75 Å². The molecule has 3 heteroatoms. The van der Waals surface area contributed by atoms with Gasteiger partial charge < -0.3 is 9.15 Å². The Morgan fingerprint density at radius 3 is 2.74 bits per heavy atom. The standard InChI is InChI=1S/C16H13BrO2/c1-11-4-2-7-16-15(11)9-14(19-16)10-18-13-6-3-5-12(17)8-13/h2-9H,10H2,1H3. The van der Waals surface area contributed by atoms with Gasteiger partial charge in [-0.3, -0.25) is 0 Å². The van der Waals surface area contributed by atoms with Crippen molar-refractivity contribution >= 4 is 26.9 Å². The summed E-state index contributed by atoms with van der Waals surface area (Å²) in [5.74, 6) is 1.66. The molecule has 2 nitrogen and oxygen atoms in total. The first kappa shape index (κ1) is 12.3. The van der Waals surface area contributed by atoms with Gasteiger partial charge in [0.1, 0.15) is 23.7 Å². The van der Waals surface area contributed by atoms with Crippen LogP contribution < -0.4 is 4.74 Å².